The van der Waals surface area contributed by atoms with Crippen LogP contribution in [-0.2, 0) is 14.2 Å². The summed E-state index contributed by atoms with van der Waals surface area (Å²) in [5.41, 5.74) is 2.58. The van der Waals surface area contributed by atoms with Crippen LogP contribution < -0.4 is 16.2 Å². The molecule has 6 rings (SSSR count). The molecule has 6 aliphatic rings. The van der Waals surface area contributed by atoms with E-state index < -0.39 is 60.3 Å². The lowest BCUT2D eigenvalue weighted by Crippen LogP contribution is -2.94. The summed E-state index contributed by atoms with van der Waals surface area (Å²) >= 11 is 0. The van der Waals surface area contributed by atoms with Crippen molar-refractivity contribution >= 4 is 5.96 Å². The molecule has 116 valence electrons. The Hall–Kier alpha value is -1.01. The van der Waals surface area contributed by atoms with Crippen LogP contribution in [0.25, 0.3) is 0 Å². The average molecular weight is 300 g/mol. The van der Waals surface area contributed by atoms with E-state index in [1.165, 1.54) is 0 Å². The molecule has 7 unspecified atom stereocenters. The highest BCUT2D eigenvalue weighted by atomic mass is 16.9. The number of aliphatic hydroxyl groups is 3. The third-order valence-corrected chi connectivity index (χ3v) is 5.42. The van der Waals surface area contributed by atoms with E-state index in [4.69, 9.17) is 19.9 Å². The first-order valence-electron chi connectivity index (χ1n) is 6.71. The number of hydrogen-bond acceptors (Lipinski definition) is 10. The highest BCUT2D eigenvalue weighted by molar-refractivity contribution is 5.80. The Morgan fingerprint density at radius 1 is 1.38 bits per heavy atom. The predicted molar refractivity (Wildman–Crippen MR) is 60.2 cm³/mol. The fourth-order valence-corrected chi connectivity index (χ4v) is 4.62. The zero-order valence-corrected chi connectivity index (χ0v) is 10.7. The highest BCUT2D eigenvalue weighted by Crippen LogP contribution is 2.62. The topological polar surface area (TPSA) is 162 Å². The van der Waals surface area contributed by atoms with Crippen molar-refractivity contribution in [3.63, 3.8) is 0 Å². The Balaban J connectivity index is 1.77. The lowest BCUT2D eigenvalue weighted by molar-refractivity contribution is -0.700. The summed E-state index contributed by atoms with van der Waals surface area (Å²) < 4.78 is 16.1. The molecule has 10 nitrogen and oxygen atoms in total. The van der Waals surface area contributed by atoms with E-state index in [-0.39, 0.29) is 5.96 Å². The van der Waals surface area contributed by atoms with Crippen molar-refractivity contribution in [1.29, 1.82) is 0 Å². The molecule has 5 heterocycles. The van der Waals surface area contributed by atoms with Crippen LogP contribution in [0.5, 0.6) is 0 Å². The van der Waals surface area contributed by atoms with Gasteiger partial charge in [-0.05, 0) is 0 Å². The highest BCUT2D eigenvalue weighted by Gasteiger charge is 2.84. The molecule has 0 aromatic rings. The molecule has 9 atom stereocenters. The maximum Gasteiger partial charge on any atom is 0.191 e. The van der Waals surface area contributed by atoms with Gasteiger partial charge in [-0.25, -0.2) is 4.99 Å². The Labute approximate surface area is 118 Å². The van der Waals surface area contributed by atoms with Gasteiger partial charge in [-0.2, -0.15) is 0 Å². The predicted octanol–water partition coefficient (Wildman–Crippen LogP) is -5.11. The maximum absolute atomic E-state index is 12.8. The zero-order chi connectivity index (χ0) is 14.8. The second kappa shape index (κ2) is 3.18. The van der Waals surface area contributed by atoms with Crippen molar-refractivity contribution < 1.29 is 34.6 Å². The van der Waals surface area contributed by atoms with Crippen LogP contribution in [0.15, 0.2) is 4.99 Å². The van der Waals surface area contributed by atoms with Crippen LogP contribution >= 0.6 is 0 Å². The van der Waals surface area contributed by atoms with Crippen molar-refractivity contribution in [1.82, 2.24) is 5.32 Å². The fraction of sp³-hybridized carbons (Fsp3) is 0.909. The quantitative estimate of drug-likeness (QED) is 0.319. The Bertz CT molecular complexity index is 574. The molecule has 4 saturated heterocycles. The van der Waals surface area contributed by atoms with Gasteiger partial charge >= 0.3 is 0 Å². The summed E-state index contributed by atoms with van der Waals surface area (Å²) in [6.45, 7) is -0.724. The molecule has 7 bridgehead atoms. The minimum Gasteiger partial charge on any atom is -0.805 e. The number of ether oxygens (including phenoxy) is 3. The molecule has 10 heteroatoms. The first-order chi connectivity index (χ1) is 9.87. The monoisotopic (exact) mass is 300 g/mol. The smallest absolute Gasteiger partial charge is 0.191 e. The van der Waals surface area contributed by atoms with E-state index in [1.807, 2.05) is 0 Å². The largest absolute Gasteiger partial charge is 0.805 e. The van der Waals surface area contributed by atoms with E-state index in [9.17, 15) is 20.4 Å². The molecular formula is C11H14N3O7-. The van der Waals surface area contributed by atoms with Gasteiger partial charge in [0.05, 0.1) is 12.5 Å². The Morgan fingerprint density at radius 3 is 2.81 bits per heavy atom. The van der Waals surface area contributed by atoms with E-state index in [0.29, 0.717) is 0 Å². The number of hydrogen-bond donors (Lipinski definition) is 5. The zero-order valence-electron chi connectivity index (χ0n) is 10.7. The normalized spacial score (nSPS) is 66.2. The van der Waals surface area contributed by atoms with Gasteiger partial charge in [0, 0.05) is 0 Å². The molecule has 1 aliphatic carbocycles. The van der Waals surface area contributed by atoms with Gasteiger partial charge in [0.15, 0.2) is 12.2 Å². The number of nitrogens with zero attached hydrogens (tertiary/aromatic N) is 1. The first kappa shape index (κ1) is 12.5. The van der Waals surface area contributed by atoms with E-state index in [0.717, 1.165) is 0 Å². The maximum atomic E-state index is 12.8. The van der Waals surface area contributed by atoms with Crippen LogP contribution in [0.4, 0.5) is 0 Å². The third-order valence-electron chi connectivity index (χ3n) is 5.42. The second-order valence-corrected chi connectivity index (χ2v) is 6.28. The van der Waals surface area contributed by atoms with Crippen molar-refractivity contribution in [3.8, 4) is 0 Å². The van der Waals surface area contributed by atoms with E-state index in [1.54, 1.807) is 0 Å². The van der Waals surface area contributed by atoms with Crippen LogP contribution in [0.2, 0.25) is 0 Å². The van der Waals surface area contributed by atoms with Crippen molar-refractivity contribution in [2.75, 3.05) is 6.61 Å². The molecule has 1 saturated carbocycles. The van der Waals surface area contributed by atoms with Crippen LogP contribution in [0.1, 0.15) is 0 Å². The summed E-state index contributed by atoms with van der Waals surface area (Å²) in [6, 6.07) is 0. The minimum absolute atomic E-state index is 0.0517. The standard InChI is InChI=1S/C11H14N3O7/c12-8-13-6-2-4-9(17,1-15)5-3(16)10(2,14-8)7(19-6)11(18,20-4)21-5/h2-7,15-17H,1H2,(H3,12,13,14)/q-1/t2?,3-,4?,5?,6?,7+,9?,10?,11?/m1/s1. The molecule has 0 amide bonds. The molecule has 6 N–H and O–H groups in total. The molecular weight excluding hydrogens is 286 g/mol. The van der Waals surface area contributed by atoms with Gasteiger partial charge in [0.25, 0.3) is 0 Å². The van der Waals surface area contributed by atoms with E-state index >= 15 is 0 Å². The lowest BCUT2D eigenvalue weighted by atomic mass is 9.56. The summed E-state index contributed by atoms with van der Waals surface area (Å²) in [5.74, 6) is -2.98. The lowest BCUT2D eigenvalue weighted by Gasteiger charge is -2.72. The van der Waals surface area contributed by atoms with Crippen molar-refractivity contribution in [2.45, 2.75) is 47.8 Å². The summed E-state index contributed by atoms with van der Waals surface area (Å²) in [7, 11) is 0. The van der Waals surface area contributed by atoms with Gasteiger partial charge in [0.2, 0.25) is 0 Å². The van der Waals surface area contributed by atoms with Crippen LogP contribution in [-0.4, -0.2) is 75.6 Å². The number of aliphatic hydroxyl groups excluding tert-OH is 2. The number of rotatable bonds is 1. The molecule has 0 aromatic carbocycles. The van der Waals surface area contributed by atoms with Crippen LogP contribution in [0, 0.1) is 5.92 Å². The molecule has 21 heavy (non-hydrogen) atoms. The minimum atomic E-state index is -2.38. The van der Waals surface area contributed by atoms with Crippen molar-refractivity contribution in [3.05, 3.63) is 0 Å². The number of aliphatic imine (C=N–C) groups is 1. The number of guanidine groups is 1. The average Bonchev–Trinajstić information content (AvgIpc) is 2.59. The van der Waals surface area contributed by atoms with Crippen LogP contribution in [0.3, 0.4) is 0 Å². The Morgan fingerprint density at radius 2 is 2.10 bits per heavy atom. The molecule has 0 radical (unpaired) electrons. The van der Waals surface area contributed by atoms with Gasteiger partial charge in [0.1, 0.15) is 41.5 Å². The number of nitrogens with two attached hydrogens (primary N) is 1. The number of nitrogens with one attached hydrogen (secondary N) is 1. The first-order valence-corrected chi connectivity index (χ1v) is 6.71. The third kappa shape index (κ3) is 1.03. The van der Waals surface area contributed by atoms with Gasteiger partial charge in [-0.3, -0.25) is 0 Å². The SMILES string of the molecule is NC1=NC2O[C@@H]3C4([O-])OC5C2C3(N1)[C@H](O)C(O4)C5(O)CO. The van der Waals surface area contributed by atoms with Gasteiger partial charge in [-0.1, -0.05) is 0 Å². The molecule has 0 aromatic heterocycles. The van der Waals surface area contributed by atoms with Crippen molar-refractivity contribution in [2.24, 2.45) is 16.6 Å². The molecule has 1 spiro atoms. The van der Waals surface area contributed by atoms with Gasteiger partial charge < -0.3 is 45.7 Å². The summed E-state index contributed by atoms with van der Waals surface area (Å²) in [6.07, 6.45) is -5.67. The molecule has 5 aliphatic heterocycles. The summed E-state index contributed by atoms with van der Waals surface area (Å²) in [5, 5.41) is 46.5. The Kier molecular flexibility index (Phi) is 1.89. The molecule has 5 fully saturated rings. The van der Waals surface area contributed by atoms with E-state index in [2.05, 4.69) is 10.3 Å². The summed E-state index contributed by atoms with van der Waals surface area (Å²) in [4.78, 5) is 4.06. The second-order valence-electron chi connectivity index (χ2n) is 6.28. The fourth-order valence-electron chi connectivity index (χ4n) is 4.62. The van der Waals surface area contributed by atoms with Gasteiger partial charge in [-0.15, -0.1) is 0 Å².